The molecular formula is C7H10BrN3O2. The fraction of sp³-hybridized carbons (Fsp3) is 0.571. The minimum atomic E-state index is -0.432. The van der Waals surface area contributed by atoms with Crippen LogP contribution in [0, 0.1) is 0 Å². The summed E-state index contributed by atoms with van der Waals surface area (Å²) >= 11 is 3.09. The van der Waals surface area contributed by atoms with Gasteiger partial charge in [0, 0.05) is 0 Å². The Kier molecular flexibility index (Phi) is 3.41. The predicted octanol–water partition coefficient (Wildman–Crippen LogP) is 1.16. The van der Waals surface area contributed by atoms with E-state index in [9.17, 15) is 4.79 Å². The monoisotopic (exact) mass is 247 g/mol. The third kappa shape index (κ3) is 2.51. The van der Waals surface area contributed by atoms with Crippen molar-refractivity contribution in [3.63, 3.8) is 0 Å². The van der Waals surface area contributed by atoms with Crippen molar-refractivity contribution in [1.29, 1.82) is 0 Å². The van der Waals surface area contributed by atoms with E-state index >= 15 is 0 Å². The number of halogens is 1. The summed E-state index contributed by atoms with van der Waals surface area (Å²) in [5.41, 5.74) is 0. The van der Waals surface area contributed by atoms with Gasteiger partial charge in [-0.05, 0) is 29.8 Å². The van der Waals surface area contributed by atoms with E-state index in [1.54, 1.807) is 13.8 Å². The minimum Gasteiger partial charge on any atom is -0.464 e. The predicted molar refractivity (Wildman–Crippen MR) is 49.1 cm³/mol. The number of aromatic nitrogens is 3. The van der Waals surface area contributed by atoms with Gasteiger partial charge in [-0.2, -0.15) is 0 Å². The van der Waals surface area contributed by atoms with Crippen LogP contribution in [0.25, 0.3) is 0 Å². The Morgan fingerprint density at radius 3 is 3.00 bits per heavy atom. The fourth-order valence-corrected chi connectivity index (χ4v) is 1.09. The molecule has 0 aliphatic rings. The van der Waals surface area contributed by atoms with Crippen molar-refractivity contribution in [2.45, 2.75) is 19.9 Å². The van der Waals surface area contributed by atoms with Crippen LogP contribution in [0.5, 0.6) is 0 Å². The number of rotatable bonds is 3. The maximum atomic E-state index is 11.2. The number of carbonyl (C=O) groups is 1. The zero-order valence-corrected chi connectivity index (χ0v) is 8.98. The van der Waals surface area contributed by atoms with Crippen LogP contribution in [-0.2, 0) is 9.53 Å². The first-order chi connectivity index (χ1) is 6.15. The summed E-state index contributed by atoms with van der Waals surface area (Å²) in [4.78, 5) is 15.1. The number of esters is 1. The number of carbonyl (C=O) groups excluding carboxylic acids is 1. The third-order valence-electron chi connectivity index (χ3n) is 1.51. The molecule has 0 aliphatic carbocycles. The minimum absolute atomic E-state index is 0.306. The molecular weight excluding hydrogens is 238 g/mol. The van der Waals surface area contributed by atoms with E-state index in [1.165, 1.54) is 11.0 Å². The summed E-state index contributed by atoms with van der Waals surface area (Å²) in [7, 11) is 0. The first kappa shape index (κ1) is 10.2. The molecule has 0 amide bonds. The van der Waals surface area contributed by atoms with Gasteiger partial charge in [0.1, 0.15) is 12.4 Å². The molecule has 1 aromatic heterocycles. The zero-order chi connectivity index (χ0) is 9.84. The lowest BCUT2D eigenvalue weighted by Gasteiger charge is -2.09. The Morgan fingerprint density at radius 1 is 1.85 bits per heavy atom. The molecule has 1 unspecified atom stereocenters. The Hall–Kier alpha value is -0.910. The fourth-order valence-electron chi connectivity index (χ4n) is 0.811. The van der Waals surface area contributed by atoms with E-state index in [0.29, 0.717) is 11.3 Å². The molecule has 0 radical (unpaired) electrons. The Labute approximate surface area is 84.2 Å². The van der Waals surface area contributed by atoms with Crippen LogP contribution in [-0.4, -0.2) is 27.3 Å². The van der Waals surface area contributed by atoms with Crippen molar-refractivity contribution in [2.24, 2.45) is 0 Å². The quantitative estimate of drug-likeness (QED) is 0.753. The number of ether oxygens (including phenoxy) is 1. The Balaban J connectivity index is 2.67. The molecule has 72 valence electrons. The van der Waals surface area contributed by atoms with Crippen LogP contribution in [0.3, 0.4) is 0 Å². The molecule has 0 bridgehead atoms. The van der Waals surface area contributed by atoms with Crippen molar-refractivity contribution in [1.82, 2.24) is 14.8 Å². The lowest BCUT2D eigenvalue weighted by molar-refractivity contribution is -0.146. The van der Waals surface area contributed by atoms with E-state index in [2.05, 4.69) is 26.0 Å². The van der Waals surface area contributed by atoms with E-state index < -0.39 is 6.04 Å². The smallest absolute Gasteiger partial charge is 0.330 e. The van der Waals surface area contributed by atoms with Gasteiger partial charge in [-0.15, -0.1) is 5.10 Å². The van der Waals surface area contributed by atoms with Crippen molar-refractivity contribution in [3.8, 4) is 0 Å². The highest BCUT2D eigenvalue weighted by Gasteiger charge is 2.16. The summed E-state index contributed by atoms with van der Waals surface area (Å²) < 4.78 is 6.73. The van der Waals surface area contributed by atoms with Gasteiger partial charge in [0.15, 0.2) is 0 Å². The molecule has 5 nitrogen and oxygen atoms in total. The van der Waals surface area contributed by atoms with Gasteiger partial charge >= 0.3 is 5.97 Å². The van der Waals surface area contributed by atoms with Crippen LogP contribution >= 0.6 is 15.9 Å². The summed E-state index contributed by atoms with van der Waals surface area (Å²) in [6.45, 7) is 3.85. The standard InChI is InChI=1S/C7H10BrN3O2/c1-3-13-6(12)5(2)11-4-9-7(8)10-11/h4-5H,3H2,1-2H3. The maximum absolute atomic E-state index is 11.2. The van der Waals surface area contributed by atoms with E-state index in [1.807, 2.05) is 0 Å². The van der Waals surface area contributed by atoms with Crippen LogP contribution in [0.15, 0.2) is 11.1 Å². The Morgan fingerprint density at radius 2 is 2.54 bits per heavy atom. The van der Waals surface area contributed by atoms with Gasteiger partial charge in [0.05, 0.1) is 6.61 Å². The average Bonchev–Trinajstić information content (AvgIpc) is 2.51. The van der Waals surface area contributed by atoms with E-state index in [-0.39, 0.29) is 5.97 Å². The highest BCUT2D eigenvalue weighted by molar-refractivity contribution is 9.10. The van der Waals surface area contributed by atoms with E-state index in [4.69, 9.17) is 4.74 Å². The molecule has 0 saturated heterocycles. The topological polar surface area (TPSA) is 57.0 Å². The normalized spacial score (nSPS) is 12.5. The summed E-state index contributed by atoms with van der Waals surface area (Å²) in [6, 6.07) is -0.432. The highest BCUT2D eigenvalue weighted by Crippen LogP contribution is 2.08. The lowest BCUT2D eigenvalue weighted by Crippen LogP contribution is -2.19. The van der Waals surface area contributed by atoms with Crippen molar-refractivity contribution >= 4 is 21.9 Å². The van der Waals surface area contributed by atoms with Crippen molar-refractivity contribution < 1.29 is 9.53 Å². The number of hydrogen-bond donors (Lipinski definition) is 0. The molecule has 13 heavy (non-hydrogen) atoms. The van der Waals surface area contributed by atoms with Gasteiger partial charge in [0.25, 0.3) is 0 Å². The molecule has 1 rings (SSSR count). The van der Waals surface area contributed by atoms with Gasteiger partial charge < -0.3 is 4.74 Å². The molecule has 1 aromatic rings. The van der Waals surface area contributed by atoms with Gasteiger partial charge in [0.2, 0.25) is 4.73 Å². The van der Waals surface area contributed by atoms with E-state index in [0.717, 1.165) is 0 Å². The van der Waals surface area contributed by atoms with Gasteiger partial charge in [-0.25, -0.2) is 14.5 Å². The second-order valence-corrected chi connectivity index (χ2v) is 3.13. The molecule has 0 saturated carbocycles. The van der Waals surface area contributed by atoms with Gasteiger partial charge in [-0.1, -0.05) is 0 Å². The second kappa shape index (κ2) is 4.36. The number of hydrogen-bond acceptors (Lipinski definition) is 4. The summed E-state index contributed by atoms with van der Waals surface area (Å²) in [5.74, 6) is -0.306. The molecule has 1 heterocycles. The van der Waals surface area contributed by atoms with Gasteiger partial charge in [-0.3, -0.25) is 0 Å². The van der Waals surface area contributed by atoms with Crippen LogP contribution in [0.1, 0.15) is 19.9 Å². The lowest BCUT2D eigenvalue weighted by atomic mass is 10.3. The molecule has 1 atom stereocenters. The maximum Gasteiger partial charge on any atom is 0.330 e. The first-order valence-electron chi connectivity index (χ1n) is 3.88. The highest BCUT2D eigenvalue weighted by atomic mass is 79.9. The summed E-state index contributed by atoms with van der Waals surface area (Å²) in [5, 5.41) is 3.94. The SMILES string of the molecule is CCOC(=O)C(C)n1cnc(Br)n1. The zero-order valence-electron chi connectivity index (χ0n) is 7.40. The van der Waals surface area contributed by atoms with Crippen LogP contribution in [0.4, 0.5) is 0 Å². The molecule has 0 aromatic carbocycles. The molecule has 0 N–H and O–H groups in total. The third-order valence-corrected chi connectivity index (χ3v) is 1.87. The second-order valence-electron chi connectivity index (χ2n) is 2.42. The molecule has 0 aliphatic heterocycles. The Bertz CT molecular complexity index is 300. The number of nitrogens with zero attached hydrogens (tertiary/aromatic N) is 3. The van der Waals surface area contributed by atoms with Crippen LogP contribution in [0.2, 0.25) is 0 Å². The first-order valence-corrected chi connectivity index (χ1v) is 4.67. The average molecular weight is 248 g/mol. The molecule has 0 fully saturated rings. The summed E-state index contributed by atoms with van der Waals surface area (Å²) in [6.07, 6.45) is 1.48. The van der Waals surface area contributed by atoms with Crippen LogP contribution < -0.4 is 0 Å². The van der Waals surface area contributed by atoms with Crippen molar-refractivity contribution in [2.75, 3.05) is 6.61 Å². The molecule has 6 heteroatoms. The largest absolute Gasteiger partial charge is 0.464 e. The molecule has 0 spiro atoms. The van der Waals surface area contributed by atoms with Crippen molar-refractivity contribution in [3.05, 3.63) is 11.1 Å².